The molecule has 0 aromatic heterocycles. The van der Waals surface area contributed by atoms with Gasteiger partial charge in [-0.15, -0.1) is 0 Å². The van der Waals surface area contributed by atoms with Crippen molar-refractivity contribution < 1.29 is 9.59 Å². The summed E-state index contributed by atoms with van der Waals surface area (Å²) >= 11 is 3.48. The van der Waals surface area contributed by atoms with E-state index >= 15 is 0 Å². The Labute approximate surface area is 119 Å². The maximum absolute atomic E-state index is 10.4. The molecule has 0 aliphatic carbocycles. The molecule has 108 valence electrons. The standard InChI is InChI=1S/2C6H13NOS/c2*1-5(6(7)8)3-4-9-2/h2*5H,3-4H2,1-2H3,(H2,7,8). The van der Waals surface area contributed by atoms with Gasteiger partial charge in [-0.05, 0) is 36.9 Å². The third kappa shape index (κ3) is 13.7. The fourth-order valence-electron chi connectivity index (χ4n) is 0.874. The van der Waals surface area contributed by atoms with E-state index in [9.17, 15) is 9.59 Å². The van der Waals surface area contributed by atoms with Gasteiger partial charge in [-0.2, -0.15) is 23.5 Å². The van der Waals surface area contributed by atoms with Crippen LogP contribution < -0.4 is 11.5 Å². The highest BCUT2D eigenvalue weighted by Crippen LogP contribution is 2.05. The Balaban J connectivity index is 0. The van der Waals surface area contributed by atoms with Gasteiger partial charge < -0.3 is 11.5 Å². The Morgan fingerprint density at radius 2 is 1.17 bits per heavy atom. The molecule has 0 saturated heterocycles. The topological polar surface area (TPSA) is 86.2 Å². The molecule has 0 aromatic carbocycles. The van der Waals surface area contributed by atoms with E-state index in [0.717, 1.165) is 24.3 Å². The molecule has 0 rings (SSSR count). The van der Waals surface area contributed by atoms with Crippen molar-refractivity contribution in [3.05, 3.63) is 0 Å². The molecule has 0 spiro atoms. The normalized spacial score (nSPS) is 13.1. The molecule has 0 bridgehead atoms. The highest BCUT2D eigenvalue weighted by atomic mass is 32.2. The van der Waals surface area contributed by atoms with Crippen LogP contribution in [0.3, 0.4) is 0 Å². The SMILES string of the molecule is CSCCC(C)C(N)=O.CSCCC(C)C(N)=O. The van der Waals surface area contributed by atoms with Crippen LogP contribution in [-0.2, 0) is 9.59 Å². The van der Waals surface area contributed by atoms with Crippen molar-refractivity contribution in [2.24, 2.45) is 23.3 Å². The average molecular weight is 294 g/mol. The van der Waals surface area contributed by atoms with Crippen LogP contribution in [0.2, 0.25) is 0 Å². The zero-order chi connectivity index (χ0) is 14.6. The molecule has 2 amide bonds. The molecule has 0 aromatic rings. The van der Waals surface area contributed by atoms with E-state index in [0.29, 0.717) is 0 Å². The number of carbonyl (C=O) groups excluding carboxylic acids is 2. The minimum absolute atomic E-state index is 0.0393. The second-order valence-electron chi connectivity index (χ2n) is 4.17. The predicted molar refractivity (Wildman–Crippen MR) is 82.7 cm³/mol. The molecule has 0 saturated carbocycles. The van der Waals surface area contributed by atoms with Crippen LogP contribution >= 0.6 is 23.5 Å². The Morgan fingerprint density at radius 1 is 0.889 bits per heavy atom. The van der Waals surface area contributed by atoms with Crippen LogP contribution in [-0.4, -0.2) is 35.8 Å². The van der Waals surface area contributed by atoms with Crippen LogP contribution in [0.25, 0.3) is 0 Å². The molecule has 18 heavy (non-hydrogen) atoms. The summed E-state index contributed by atoms with van der Waals surface area (Å²) in [7, 11) is 0. The first kappa shape index (κ1) is 20.0. The van der Waals surface area contributed by atoms with E-state index < -0.39 is 0 Å². The number of primary amides is 2. The van der Waals surface area contributed by atoms with Crippen LogP contribution in [0, 0.1) is 11.8 Å². The average Bonchev–Trinajstić information content (AvgIpc) is 2.33. The van der Waals surface area contributed by atoms with Gasteiger partial charge in [-0.1, -0.05) is 13.8 Å². The highest BCUT2D eigenvalue weighted by Gasteiger charge is 2.06. The van der Waals surface area contributed by atoms with Gasteiger partial charge >= 0.3 is 0 Å². The summed E-state index contributed by atoms with van der Waals surface area (Å²) < 4.78 is 0. The third-order valence-corrected chi connectivity index (χ3v) is 3.77. The molecule has 4 N–H and O–H groups in total. The predicted octanol–water partition coefficient (Wildman–Crippen LogP) is 1.72. The van der Waals surface area contributed by atoms with Gasteiger partial charge in [0.15, 0.2) is 0 Å². The molecule has 2 atom stereocenters. The number of carbonyl (C=O) groups is 2. The van der Waals surface area contributed by atoms with Gasteiger partial charge in [0.25, 0.3) is 0 Å². The zero-order valence-corrected chi connectivity index (χ0v) is 13.4. The first-order chi connectivity index (χ1) is 8.36. The van der Waals surface area contributed by atoms with Crippen LogP contribution in [0.5, 0.6) is 0 Å². The first-order valence-electron chi connectivity index (χ1n) is 5.93. The quantitative estimate of drug-likeness (QED) is 0.713. The summed E-state index contributed by atoms with van der Waals surface area (Å²) in [4.78, 5) is 20.8. The van der Waals surface area contributed by atoms with E-state index in [2.05, 4.69) is 0 Å². The molecule has 6 heteroatoms. The monoisotopic (exact) mass is 294 g/mol. The summed E-state index contributed by atoms with van der Waals surface area (Å²) in [6.07, 6.45) is 5.84. The van der Waals surface area contributed by atoms with Crippen molar-refractivity contribution in [2.45, 2.75) is 26.7 Å². The number of nitrogens with two attached hydrogens (primary N) is 2. The molecular weight excluding hydrogens is 268 g/mol. The molecule has 0 heterocycles. The van der Waals surface area contributed by atoms with Crippen molar-refractivity contribution in [3.8, 4) is 0 Å². The van der Waals surface area contributed by atoms with Crippen LogP contribution in [0.15, 0.2) is 0 Å². The Morgan fingerprint density at radius 3 is 1.33 bits per heavy atom. The van der Waals surface area contributed by atoms with Gasteiger partial charge in [0.1, 0.15) is 0 Å². The zero-order valence-electron chi connectivity index (χ0n) is 11.8. The Kier molecular flexibility index (Phi) is 14.5. The summed E-state index contributed by atoms with van der Waals surface area (Å²) in [6, 6.07) is 0. The Hall–Kier alpha value is -0.360. The lowest BCUT2D eigenvalue weighted by Gasteiger charge is -2.03. The Bertz CT molecular complexity index is 214. The van der Waals surface area contributed by atoms with Crippen LogP contribution in [0.4, 0.5) is 0 Å². The molecule has 4 nitrogen and oxygen atoms in total. The minimum Gasteiger partial charge on any atom is -0.369 e. The number of rotatable bonds is 8. The molecule has 0 aliphatic rings. The van der Waals surface area contributed by atoms with Gasteiger partial charge in [0.05, 0.1) is 0 Å². The first-order valence-corrected chi connectivity index (χ1v) is 8.72. The van der Waals surface area contributed by atoms with Crippen molar-refractivity contribution in [3.63, 3.8) is 0 Å². The highest BCUT2D eigenvalue weighted by molar-refractivity contribution is 7.98. The molecule has 0 radical (unpaired) electrons. The van der Waals surface area contributed by atoms with E-state index in [4.69, 9.17) is 11.5 Å². The fourth-order valence-corrected chi connectivity index (χ4v) is 2.05. The lowest BCUT2D eigenvalue weighted by Crippen LogP contribution is -2.20. The second kappa shape index (κ2) is 13.1. The van der Waals surface area contributed by atoms with Gasteiger partial charge in [-0.3, -0.25) is 9.59 Å². The molecular formula is C12H26N2O2S2. The minimum atomic E-state index is -0.191. The second-order valence-corrected chi connectivity index (χ2v) is 6.14. The van der Waals surface area contributed by atoms with Crippen molar-refractivity contribution in [2.75, 3.05) is 24.0 Å². The summed E-state index contributed by atoms with van der Waals surface area (Å²) in [5.41, 5.74) is 10.1. The maximum Gasteiger partial charge on any atom is 0.220 e. The molecule has 0 aliphatic heterocycles. The fraction of sp³-hybridized carbons (Fsp3) is 0.833. The van der Waals surface area contributed by atoms with Gasteiger partial charge in [0.2, 0.25) is 11.8 Å². The van der Waals surface area contributed by atoms with Crippen LogP contribution in [0.1, 0.15) is 26.7 Å². The van der Waals surface area contributed by atoms with E-state index in [1.54, 1.807) is 23.5 Å². The summed E-state index contributed by atoms with van der Waals surface area (Å²) in [5.74, 6) is 1.73. The van der Waals surface area contributed by atoms with E-state index in [-0.39, 0.29) is 23.7 Å². The van der Waals surface area contributed by atoms with Crippen molar-refractivity contribution >= 4 is 35.3 Å². The summed E-state index contributed by atoms with van der Waals surface area (Å²) in [5, 5.41) is 0. The molecule has 2 unspecified atom stereocenters. The van der Waals surface area contributed by atoms with E-state index in [1.807, 2.05) is 26.4 Å². The summed E-state index contributed by atoms with van der Waals surface area (Å²) in [6.45, 7) is 3.72. The smallest absolute Gasteiger partial charge is 0.220 e. The van der Waals surface area contributed by atoms with Gasteiger partial charge in [0, 0.05) is 11.8 Å². The number of thioether (sulfide) groups is 2. The largest absolute Gasteiger partial charge is 0.369 e. The number of amides is 2. The lowest BCUT2D eigenvalue weighted by molar-refractivity contribution is -0.122. The number of hydrogen-bond acceptors (Lipinski definition) is 4. The third-order valence-electron chi connectivity index (χ3n) is 2.48. The van der Waals surface area contributed by atoms with Crippen molar-refractivity contribution in [1.82, 2.24) is 0 Å². The van der Waals surface area contributed by atoms with Crippen molar-refractivity contribution in [1.29, 1.82) is 0 Å². The van der Waals surface area contributed by atoms with Gasteiger partial charge in [-0.25, -0.2) is 0 Å². The van der Waals surface area contributed by atoms with E-state index in [1.165, 1.54) is 0 Å². The lowest BCUT2D eigenvalue weighted by atomic mass is 10.1. The molecule has 0 fully saturated rings. The number of hydrogen-bond donors (Lipinski definition) is 2. The maximum atomic E-state index is 10.4.